The molecule has 1 aliphatic rings. The van der Waals surface area contributed by atoms with E-state index in [9.17, 15) is 0 Å². The molecule has 0 bridgehead atoms. The second-order valence-electron chi connectivity index (χ2n) is 5.35. The Hall–Kier alpha value is -0.870. The first-order valence-corrected chi connectivity index (χ1v) is 6.57. The highest BCUT2D eigenvalue weighted by atomic mass is 15.1. The number of aromatic amines is 1. The van der Waals surface area contributed by atoms with Crippen LogP contribution in [-0.2, 0) is 6.54 Å². The summed E-state index contributed by atoms with van der Waals surface area (Å²) in [4.78, 5) is 2.44. The van der Waals surface area contributed by atoms with Crippen LogP contribution in [0.25, 0.3) is 0 Å². The van der Waals surface area contributed by atoms with Crippen LogP contribution in [0.5, 0.6) is 0 Å². The summed E-state index contributed by atoms with van der Waals surface area (Å²) in [6.45, 7) is 7.77. The van der Waals surface area contributed by atoms with Gasteiger partial charge < -0.3 is 10.2 Å². The number of rotatable bonds is 4. The Morgan fingerprint density at radius 2 is 2.47 bits per heavy atom. The molecule has 1 fully saturated rings. The molecule has 4 nitrogen and oxygen atoms in total. The van der Waals surface area contributed by atoms with Gasteiger partial charge in [-0.1, -0.05) is 0 Å². The first-order chi connectivity index (χ1) is 8.16. The van der Waals surface area contributed by atoms with E-state index in [2.05, 4.69) is 41.3 Å². The SMILES string of the molecule is Cc1[nH]ncc1CNC(C)C1CCCN(C)C1. The van der Waals surface area contributed by atoms with Gasteiger partial charge in [-0.25, -0.2) is 0 Å². The van der Waals surface area contributed by atoms with Crippen molar-refractivity contribution in [3.63, 3.8) is 0 Å². The molecule has 1 aliphatic heterocycles. The molecule has 2 unspecified atom stereocenters. The highest BCUT2D eigenvalue weighted by molar-refractivity contribution is 5.13. The fourth-order valence-electron chi connectivity index (χ4n) is 2.61. The minimum absolute atomic E-state index is 0.576. The maximum Gasteiger partial charge on any atom is 0.0535 e. The van der Waals surface area contributed by atoms with Gasteiger partial charge in [0.2, 0.25) is 0 Å². The summed E-state index contributed by atoms with van der Waals surface area (Å²) >= 11 is 0. The van der Waals surface area contributed by atoms with Crippen LogP contribution in [0.4, 0.5) is 0 Å². The number of aryl methyl sites for hydroxylation is 1. The van der Waals surface area contributed by atoms with Gasteiger partial charge in [-0.05, 0) is 46.2 Å². The van der Waals surface area contributed by atoms with Gasteiger partial charge in [0.1, 0.15) is 0 Å². The van der Waals surface area contributed by atoms with Crippen LogP contribution in [0.1, 0.15) is 31.0 Å². The molecule has 2 atom stereocenters. The molecule has 0 aromatic carbocycles. The van der Waals surface area contributed by atoms with Gasteiger partial charge in [-0.2, -0.15) is 5.10 Å². The zero-order chi connectivity index (χ0) is 12.3. The van der Waals surface area contributed by atoms with Crippen molar-refractivity contribution in [1.82, 2.24) is 20.4 Å². The fraction of sp³-hybridized carbons (Fsp3) is 0.769. The third-order valence-electron chi connectivity index (χ3n) is 3.92. The van der Waals surface area contributed by atoms with Gasteiger partial charge in [-0.3, -0.25) is 5.10 Å². The molecule has 2 N–H and O–H groups in total. The lowest BCUT2D eigenvalue weighted by Gasteiger charge is -2.34. The topological polar surface area (TPSA) is 44.0 Å². The van der Waals surface area contributed by atoms with Crippen molar-refractivity contribution in [3.05, 3.63) is 17.5 Å². The number of hydrogen-bond donors (Lipinski definition) is 2. The highest BCUT2D eigenvalue weighted by Gasteiger charge is 2.22. The Morgan fingerprint density at radius 3 is 3.12 bits per heavy atom. The standard InChI is InChI=1S/C13H24N4/c1-10(12-5-4-6-17(3)9-12)14-7-13-8-15-16-11(13)2/h8,10,12,14H,4-7,9H2,1-3H3,(H,15,16). The summed E-state index contributed by atoms with van der Waals surface area (Å²) in [5.41, 5.74) is 2.45. The molecule has 0 spiro atoms. The first-order valence-electron chi connectivity index (χ1n) is 6.57. The van der Waals surface area contributed by atoms with Crippen LogP contribution in [0.2, 0.25) is 0 Å². The molecule has 4 heteroatoms. The predicted octanol–water partition coefficient (Wildman–Crippen LogP) is 1.54. The smallest absolute Gasteiger partial charge is 0.0535 e. The van der Waals surface area contributed by atoms with E-state index in [4.69, 9.17) is 0 Å². The fourth-order valence-corrected chi connectivity index (χ4v) is 2.61. The van der Waals surface area contributed by atoms with Gasteiger partial charge in [0.05, 0.1) is 6.20 Å². The number of aromatic nitrogens is 2. The second kappa shape index (κ2) is 5.65. The first kappa shape index (κ1) is 12.6. The lowest BCUT2D eigenvalue weighted by Crippen LogP contribution is -2.42. The van der Waals surface area contributed by atoms with E-state index in [1.165, 1.54) is 37.2 Å². The average molecular weight is 236 g/mol. The quantitative estimate of drug-likeness (QED) is 0.833. The predicted molar refractivity (Wildman–Crippen MR) is 69.8 cm³/mol. The molecule has 1 saturated heterocycles. The Kier molecular flexibility index (Phi) is 4.18. The lowest BCUT2D eigenvalue weighted by molar-refractivity contribution is 0.178. The second-order valence-corrected chi connectivity index (χ2v) is 5.35. The molecule has 0 amide bonds. The molecule has 2 rings (SSSR count). The summed E-state index contributed by atoms with van der Waals surface area (Å²) in [5, 5.41) is 10.7. The molecule has 2 heterocycles. The van der Waals surface area contributed by atoms with E-state index >= 15 is 0 Å². The third-order valence-corrected chi connectivity index (χ3v) is 3.92. The summed E-state index contributed by atoms with van der Waals surface area (Å²) in [6.07, 6.45) is 4.60. The van der Waals surface area contributed by atoms with Crippen molar-refractivity contribution in [2.24, 2.45) is 5.92 Å². The summed E-state index contributed by atoms with van der Waals surface area (Å²) in [6, 6.07) is 0.576. The van der Waals surface area contributed by atoms with Crippen LogP contribution in [-0.4, -0.2) is 41.3 Å². The van der Waals surface area contributed by atoms with Gasteiger partial charge in [0.15, 0.2) is 0 Å². The molecule has 1 aromatic rings. The van der Waals surface area contributed by atoms with Crippen LogP contribution in [0.3, 0.4) is 0 Å². The van der Waals surface area contributed by atoms with E-state index in [1.54, 1.807) is 0 Å². The highest BCUT2D eigenvalue weighted by Crippen LogP contribution is 2.18. The van der Waals surface area contributed by atoms with E-state index in [-0.39, 0.29) is 0 Å². The molecule has 96 valence electrons. The van der Waals surface area contributed by atoms with E-state index in [0.717, 1.165) is 12.5 Å². The number of H-pyrrole nitrogens is 1. The molecule has 0 saturated carbocycles. The maximum atomic E-state index is 4.05. The minimum Gasteiger partial charge on any atom is -0.310 e. The number of piperidine rings is 1. The average Bonchev–Trinajstić information content (AvgIpc) is 2.72. The summed E-state index contributed by atoms with van der Waals surface area (Å²) in [5.74, 6) is 0.779. The molecule has 0 radical (unpaired) electrons. The zero-order valence-corrected chi connectivity index (χ0v) is 11.2. The maximum absolute atomic E-state index is 4.05. The monoisotopic (exact) mass is 236 g/mol. The number of nitrogens with one attached hydrogen (secondary N) is 2. The van der Waals surface area contributed by atoms with Crippen molar-refractivity contribution in [3.8, 4) is 0 Å². The van der Waals surface area contributed by atoms with Crippen molar-refractivity contribution < 1.29 is 0 Å². The van der Waals surface area contributed by atoms with Crippen molar-refractivity contribution in [2.75, 3.05) is 20.1 Å². The van der Waals surface area contributed by atoms with Gasteiger partial charge in [-0.15, -0.1) is 0 Å². The molecular formula is C13H24N4. The third kappa shape index (κ3) is 3.30. The molecule has 17 heavy (non-hydrogen) atoms. The summed E-state index contributed by atoms with van der Waals surface area (Å²) < 4.78 is 0. The van der Waals surface area contributed by atoms with Crippen LogP contribution < -0.4 is 5.32 Å². The van der Waals surface area contributed by atoms with Crippen molar-refractivity contribution in [1.29, 1.82) is 0 Å². The van der Waals surface area contributed by atoms with Gasteiger partial charge in [0, 0.05) is 30.4 Å². The number of likely N-dealkylation sites (tertiary alicyclic amines) is 1. The Balaban J connectivity index is 1.80. The molecular weight excluding hydrogens is 212 g/mol. The van der Waals surface area contributed by atoms with E-state index in [1.807, 2.05) is 6.20 Å². The van der Waals surface area contributed by atoms with Gasteiger partial charge in [0.25, 0.3) is 0 Å². The lowest BCUT2D eigenvalue weighted by atomic mass is 9.92. The number of nitrogens with zero attached hydrogens (tertiary/aromatic N) is 2. The largest absolute Gasteiger partial charge is 0.310 e. The Morgan fingerprint density at radius 1 is 1.65 bits per heavy atom. The van der Waals surface area contributed by atoms with E-state index in [0.29, 0.717) is 6.04 Å². The van der Waals surface area contributed by atoms with Crippen molar-refractivity contribution >= 4 is 0 Å². The molecule has 0 aliphatic carbocycles. The van der Waals surface area contributed by atoms with Crippen LogP contribution >= 0.6 is 0 Å². The van der Waals surface area contributed by atoms with E-state index < -0.39 is 0 Å². The van der Waals surface area contributed by atoms with Crippen LogP contribution in [0, 0.1) is 12.8 Å². The Labute approximate surface area is 104 Å². The number of hydrogen-bond acceptors (Lipinski definition) is 3. The molecule has 1 aromatic heterocycles. The summed E-state index contributed by atoms with van der Waals surface area (Å²) in [7, 11) is 2.22. The van der Waals surface area contributed by atoms with Crippen LogP contribution in [0.15, 0.2) is 6.20 Å². The minimum atomic E-state index is 0.576. The Bertz CT molecular complexity index is 347. The van der Waals surface area contributed by atoms with Gasteiger partial charge >= 0.3 is 0 Å². The normalized spacial score (nSPS) is 23.8. The zero-order valence-electron chi connectivity index (χ0n) is 11.2. The van der Waals surface area contributed by atoms with Crippen molar-refractivity contribution in [2.45, 2.75) is 39.3 Å².